The summed E-state index contributed by atoms with van der Waals surface area (Å²) >= 11 is 0. The lowest BCUT2D eigenvalue weighted by Crippen LogP contribution is -2.43. The Kier molecular flexibility index (Phi) is 5.87. The van der Waals surface area contributed by atoms with E-state index >= 15 is 0 Å². The molecule has 2 aliphatic rings. The Morgan fingerprint density at radius 3 is 2.71 bits per heavy atom. The minimum Gasteiger partial charge on any atom is -0.511 e. The molecule has 1 aliphatic carbocycles. The van der Waals surface area contributed by atoms with Crippen LogP contribution in [0.3, 0.4) is 0 Å². The average molecular weight is 388 g/mol. The summed E-state index contributed by atoms with van der Waals surface area (Å²) < 4.78 is 5.81. The minimum atomic E-state index is -1.23. The van der Waals surface area contributed by atoms with Gasteiger partial charge in [-0.05, 0) is 42.9 Å². The number of aryl methyl sites for hydroxylation is 1. The molecule has 28 heavy (non-hydrogen) atoms. The van der Waals surface area contributed by atoms with Gasteiger partial charge in [-0.3, -0.25) is 14.4 Å². The quantitative estimate of drug-likeness (QED) is 0.582. The highest BCUT2D eigenvalue weighted by molar-refractivity contribution is 6.19. The zero-order valence-corrected chi connectivity index (χ0v) is 15.7. The lowest BCUT2D eigenvalue weighted by Gasteiger charge is -2.28. The monoisotopic (exact) mass is 388 g/mol. The number of hydrogen-bond acceptors (Lipinski definition) is 5. The van der Waals surface area contributed by atoms with Gasteiger partial charge < -0.3 is 25.2 Å². The van der Waals surface area contributed by atoms with Crippen molar-refractivity contribution in [1.29, 1.82) is 0 Å². The number of benzene rings is 1. The fraction of sp³-hybridized carbons (Fsp3) is 0.450. The van der Waals surface area contributed by atoms with Gasteiger partial charge in [-0.15, -0.1) is 0 Å². The first-order valence-electron chi connectivity index (χ1n) is 9.29. The summed E-state index contributed by atoms with van der Waals surface area (Å²) in [5, 5.41) is 20.7. The molecule has 0 bridgehead atoms. The van der Waals surface area contributed by atoms with Gasteiger partial charge in [0, 0.05) is 19.5 Å². The molecular weight excluding hydrogens is 364 g/mol. The molecule has 0 unspecified atom stereocenters. The molecule has 1 saturated carbocycles. The van der Waals surface area contributed by atoms with Crippen LogP contribution in [0, 0.1) is 12.8 Å². The highest BCUT2D eigenvalue weighted by atomic mass is 16.5. The maximum Gasteiger partial charge on any atom is 0.322 e. The van der Waals surface area contributed by atoms with E-state index in [0.29, 0.717) is 5.92 Å². The van der Waals surface area contributed by atoms with Crippen molar-refractivity contribution in [3.8, 4) is 5.75 Å². The van der Waals surface area contributed by atoms with Crippen molar-refractivity contribution in [2.75, 3.05) is 19.7 Å². The molecule has 1 aliphatic heterocycles. The second kappa shape index (κ2) is 8.33. The largest absolute Gasteiger partial charge is 0.511 e. The summed E-state index contributed by atoms with van der Waals surface area (Å²) in [5.41, 5.74) is 1.46. The molecule has 3 rings (SSSR count). The van der Waals surface area contributed by atoms with Crippen LogP contribution in [0.25, 0.3) is 0 Å². The van der Waals surface area contributed by atoms with Gasteiger partial charge in [-0.2, -0.15) is 0 Å². The number of carbonyl (C=O) groups is 3. The van der Waals surface area contributed by atoms with Crippen LogP contribution in [0.2, 0.25) is 0 Å². The zero-order chi connectivity index (χ0) is 20.3. The van der Waals surface area contributed by atoms with Crippen LogP contribution < -0.4 is 10.1 Å². The summed E-state index contributed by atoms with van der Waals surface area (Å²) in [6, 6.07) is 5.71. The Labute approximate surface area is 162 Å². The van der Waals surface area contributed by atoms with E-state index in [1.807, 2.05) is 25.1 Å². The second-order valence-corrected chi connectivity index (χ2v) is 7.23. The molecule has 0 saturated heterocycles. The van der Waals surface area contributed by atoms with Crippen molar-refractivity contribution in [1.82, 2.24) is 10.2 Å². The Morgan fingerprint density at radius 1 is 1.32 bits per heavy atom. The number of carbonyl (C=O) groups excluding carboxylic acids is 2. The molecule has 1 fully saturated rings. The van der Waals surface area contributed by atoms with Crippen molar-refractivity contribution in [2.45, 2.75) is 32.7 Å². The van der Waals surface area contributed by atoms with E-state index in [1.165, 1.54) is 17.7 Å². The molecule has 0 spiro atoms. The predicted octanol–water partition coefficient (Wildman–Crippen LogP) is 1.53. The van der Waals surface area contributed by atoms with E-state index in [1.54, 1.807) is 0 Å². The van der Waals surface area contributed by atoms with Crippen LogP contribution in [-0.2, 0) is 20.9 Å². The van der Waals surface area contributed by atoms with Gasteiger partial charge >= 0.3 is 5.97 Å². The third kappa shape index (κ3) is 4.82. The third-order valence-corrected chi connectivity index (χ3v) is 4.82. The highest BCUT2D eigenvalue weighted by Crippen LogP contribution is 2.30. The van der Waals surface area contributed by atoms with Gasteiger partial charge in [0.25, 0.3) is 11.8 Å². The van der Waals surface area contributed by atoms with Crippen molar-refractivity contribution in [2.24, 2.45) is 5.92 Å². The lowest BCUT2D eigenvalue weighted by molar-refractivity contribution is -0.138. The smallest absolute Gasteiger partial charge is 0.322 e. The number of aliphatic carboxylic acids is 1. The first-order valence-corrected chi connectivity index (χ1v) is 9.29. The van der Waals surface area contributed by atoms with Crippen LogP contribution in [-0.4, -0.2) is 52.6 Å². The SMILES string of the molecule is Cc1cc(CN2CCC(O)=C(C(=O)NCC(=O)O)C2=O)ccc1OCC1CC1. The van der Waals surface area contributed by atoms with Gasteiger partial charge in [-0.1, -0.05) is 12.1 Å². The Morgan fingerprint density at radius 2 is 2.07 bits per heavy atom. The van der Waals surface area contributed by atoms with Gasteiger partial charge in [-0.25, -0.2) is 0 Å². The van der Waals surface area contributed by atoms with E-state index in [-0.39, 0.29) is 25.3 Å². The Hall–Kier alpha value is -3.03. The molecule has 0 atom stereocenters. The maximum atomic E-state index is 12.6. The lowest BCUT2D eigenvalue weighted by atomic mass is 10.0. The molecular formula is C20H24N2O6. The number of carboxylic acids is 1. The summed E-state index contributed by atoms with van der Waals surface area (Å²) in [4.78, 5) is 36.8. The normalized spacial score (nSPS) is 16.9. The first kappa shape index (κ1) is 19.7. The fourth-order valence-electron chi connectivity index (χ4n) is 3.06. The van der Waals surface area contributed by atoms with Gasteiger partial charge in [0.15, 0.2) is 0 Å². The summed E-state index contributed by atoms with van der Waals surface area (Å²) in [7, 11) is 0. The number of rotatable bonds is 8. The molecule has 2 amide bonds. The topological polar surface area (TPSA) is 116 Å². The number of nitrogens with one attached hydrogen (secondary N) is 1. The molecule has 1 aromatic carbocycles. The van der Waals surface area contributed by atoms with Crippen LogP contribution in [0.15, 0.2) is 29.5 Å². The number of carboxylic acid groups (broad SMARTS) is 1. The van der Waals surface area contributed by atoms with Crippen LogP contribution in [0.1, 0.15) is 30.4 Å². The molecule has 8 nitrogen and oxygen atoms in total. The van der Waals surface area contributed by atoms with Crippen molar-refractivity contribution in [3.05, 3.63) is 40.7 Å². The molecule has 0 aromatic heterocycles. The zero-order valence-electron chi connectivity index (χ0n) is 15.7. The maximum absolute atomic E-state index is 12.6. The molecule has 1 heterocycles. The number of nitrogens with zero attached hydrogens (tertiary/aromatic N) is 1. The van der Waals surface area contributed by atoms with Gasteiger partial charge in [0.1, 0.15) is 23.6 Å². The molecule has 150 valence electrons. The van der Waals surface area contributed by atoms with Crippen LogP contribution in [0.4, 0.5) is 0 Å². The van der Waals surface area contributed by atoms with Crippen LogP contribution in [0.5, 0.6) is 5.75 Å². The van der Waals surface area contributed by atoms with E-state index in [9.17, 15) is 19.5 Å². The van der Waals surface area contributed by atoms with E-state index < -0.39 is 29.9 Å². The fourth-order valence-corrected chi connectivity index (χ4v) is 3.06. The summed E-state index contributed by atoms with van der Waals surface area (Å²) in [5.74, 6) is -1.55. The average Bonchev–Trinajstić information content (AvgIpc) is 3.46. The summed E-state index contributed by atoms with van der Waals surface area (Å²) in [6.07, 6.45) is 2.58. The van der Waals surface area contributed by atoms with Crippen molar-refractivity contribution < 1.29 is 29.3 Å². The second-order valence-electron chi connectivity index (χ2n) is 7.23. The number of aliphatic hydroxyl groups excluding tert-OH is 1. The molecule has 0 radical (unpaired) electrons. The third-order valence-electron chi connectivity index (χ3n) is 4.82. The Balaban J connectivity index is 1.65. The molecule has 1 aromatic rings. The van der Waals surface area contributed by atoms with Gasteiger partial charge in [0.2, 0.25) is 0 Å². The number of hydrogen-bond donors (Lipinski definition) is 3. The Bertz CT molecular complexity index is 828. The van der Waals surface area contributed by atoms with E-state index in [0.717, 1.165) is 23.5 Å². The standard InChI is InChI=1S/C20H24N2O6/c1-12-8-14(4-5-16(12)28-11-13-2-3-13)10-22-7-6-15(23)18(20(22)27)19(26)21-9-17(24)25/h4-5,8,13,23H,2-3,6-7,9-11H2,1H3,(H,21,26)(H,24,25). The molecule has 3 N–H and O–H groups in total. The minimum absolute atomic E-state index is 0.142. The first-order chi connectivity index (χ1) is 13.3. The number of amides is 2. The number of aliphatic hydroxyl groups is 1. The van der Waals surface area contributed by atoms with Crippen molar-refractivity contribution in [3.63, 3.8) is 0 Å². The van der Waals surface area contributed by atoms with Gasteiger partial charge in [0.05, 0.1) is 6.61 Å². The van der Waals surface area contributed by atoms with Crippen LogP contribution >= 0.6 is 0 Å². The summed E-state index contributed by atoms with van der Waals surface area (Å²) in [6.45, 7) is 2.61. The van der Waals surface area contributed by atoms with Crippen molar-refractivity contribution >= 4 is 17.8 Å². The molecule has 8 heteroatoms. The predicted molar refractivity (Wildman–Crippen MR) is 99.7 cm³/mol. The van der Waals surface area contributed by atoms with E-state index in [4.69, 9.17) is 9.84 Å². The van der Waals surface area contributed by atoms with E-state index in [2.05, 4.69) is 5.32 Å². The number of ether oxygens (including phenoxy) is 1. The highest BCUT2D eigenvalue weighted by Gasteiger charge is 2.32.